The second-order valence-corrected chi connectivity index (χ2v) is 7.83. The van der Waals surface area contributed by atoms with Crippen molar-refractivity contribution in [3.05, 3.63) is 21.4 Å². The predicted molar refractivity (Wildman–Crippen MR) is 83.7 cm³/mol. The lowest BCUT2D eigenvalue weighted by atomic mass is 9.84. The zero-order valence-corrected chi connectivity index (χ0v) is 13.7. The minimum atomic E-state index is 0.437. The van der Waals surface area contributed by atoms with Gasteiger partial charge in [-0.3, -0.25) is 0 Å². The molecule has 0 radical (unpaired) electrons. The minimum absolute atomic E-state index is 0.437. The van der Waals surface area contributed by atoms with Crippen molar-refractivity contribution >= 4 is 11.3 Å². The molecule has 0 amide bonds. The van der Waals surface area contributed by atoms with E-state index in [2.05, 4.69) is 52.9 Å². The number of thiophene rings is 1. The first kappa shape index (κ1) is 15.7. The van der Waals surface area contributed by atoms with Crippen LogP contribution in [-0.2, 0) is 6.42 Å². The fourth-order valence-corrected chi connectivity index (χ4v) is 3.26. The molecule has 0 aliphatic carbocycles. The summed E-state index contributed by atoms with van der Waals surface area (Å²) in [6.45, 7) is 14.8. The number of hydrogen-bond acceptors (Lipinski definition) is 2. The van der Waals surface area contributed by atoms with Gasteiger partial charge in [0.2, 0.25) is 0 Å². The number of aryl methyl sites for hydroxylation is 3. The van der Waals surface area contributed by atoms with Crippen LogP contribution in [0.15, 0.2) is 6.07 Å². The molecule has 0 saturated carbocycles. The largest absolute Gasteiger partial charge is 0.315 e. The van der Waals surface area contributed by atoms with Crippen molar-refractivity contribution in [2.45, 2.75) is 66.8 Å². The van der Waals surface area contributed by atoms with E-state index in [-0.39, 0.29) is 0 Å². The molecule has 1 N–H and O–H groups in total. The number of hydrogen-bond donors (Lipinski definition) is 1. The van der Waals surface area contributed by atoms with E-state index in [1.807, 2.05) is 11.3 Å². The van der Waals surface area contributed by atoms with Crippen LogP contribution in [0.2, 0.25) is 0 Å². The molecular weight excluding hydrogens is 238 g/mol. The number of nitrogens with one attached hydrogen (secondary N) is 1. The van der Waals surface area contributed by atoms with Crippen LogP contribution in [0.3, 0.4) is 0 Å². The molecule has 1 rings (SSSR count). The minimum Gasteiger partial charge on any atom is -0.315 e. The molecule has 0 bridgehead atoms. The zero-order chi connectivity index (χ0) is 13.8. The van der Waals surface area contributed by atoms with Crippen molar-refractivity contribution in [1.82, 2.24) is 5.32 Å². The van der Waals surface area contributed by atoms with Gasteiger partial charge in [-0.15, -0.1) is 11.3 Å². The van der Waals surface area contributed by atoms with Gasteiger partial charge in [0.25, 0.3) is 0 Å². The molecule has 2 heteroatoms. The highest BCUT2D eigenvalue weighted by atomic mass is 32.1. The molecule has 0 aliphatic heterocycles. The lowest BCUT2D eigenvalue weighted by Gasteiger charge is -2.25. The molecule has 0 atom stereocenters. The summed E-state index contributed by atoms with van der Waals surface area (Å²) in [4.78, 5) is 3.03. The van der Waals surface area contributed by atoms with E-state index < -0.39 is 0 Å². The third-order valence-corrected chi connectivity index (χ3v) is 4.74. The van der Waals surface area contributed by atoms with Gasteiger partial charge in [-0.25, -0.2) is 0 Å². The van der Waals surface area contributed by atoms with Gasteiger partial charge >= 0.3 is 0 Å². The molecule has 1 aromatic heterocycles. The Hall–Kier alpha value is -0.340. The molecule has 0 saturated heterocycles. The van der Waals surface area contributed by atoms with E-state index >= 15 is 0 Å². The van der Waals surface area contributed by atoms with Crippen molar-refractivity contribution in [2.24, 2.45) is 5.41 Å². The normalized spacial score (nSPS) is 12.4. The van der Waals surface area contributed by atoms with E-state index in [4.69, 9.17) is 0 Å². The Balaban J connectivity index is 2.39. The molecule has 0 aromatic carbocycles. The maximum Gasteiger partial charge on any atom is 0.00774 e. The topological polar surface area (TPSA) is 12.0 Å². The Kier molecular flexibility index (Phi) is 5.87. The van der Waals surface area contributed by atoms with Crippen LogP contribution in [0.1, 0.15) is 55.9 Å². The Labute approximate surface area is 117 Å². The second-order valence-electron chi connectivity index (χ2n) is 6.49. The first-order valence-electron chi connectivity index (χ1n) is 7.09. The third kappa shape index (κ3) is 5.53. The van der Waals surface area contributed by atoms with Crippen LogP contribution < -0.4 is 5.32 Å². The van der Waals surface area contributed by atoms with Crippen LogP contribution >= 0.6 is 11.3 Å². The molecule has 0 unspecified atom stereocenters. The molecule has 1 nitrogen and oxygen atoms in total. The molecule has 1 heterocycles. The number of rotatable bonds is 7. The van der Waals surface area contributed by atoms with E-state index in [1.54, 1.807) is 4.88 Å². The molecule has 0 fully saturated rings. The standard InChI is InChI=1S/C16H29NS/c1-12(2)17-10-9-16(5,6)8-7-15-13(3)11-14(4)18-15/h11-12,17H,7-10H2,1-6H3. The Morgan fingerprint density at radius 3 is 2.39 bits per heavy atom. The molecular formula is C16H29NS. The molecule has 18 heavy (non-hydrogen) atoms. The molecule has 104 valence electrons. The second kappa shape index (κ2) is 6.72. The fourth-order valence-electron chi connectivity index (χ4n) is 2.21. The van der Waals surface area contributed by atoms with E-state index in [9.17, 15) is 0 Å². The lowest BCUT2D eigenvalue weighted by Crippen LogP contribution is -2.28. The highest BCUT2D eigenvalue weighted by Gasteiger charge is 2.18. The van der Waals surface area contributed by atoms with Crippen molar-refractivity contribution in [3.63, 3.8) is 0 Å². The molecule has 0 spiro atoms. The Bertz CT molecular complexity index is 363. The summed E-state index contributed by atoms with van der Waals surface area (Å²) < 4.78 is 0. The van der Waals surface area contributed by atoms with Crippen LogP contribution in [0.25, 0.3) is 0 Å². The lowest BCUT2D eigenvalue weighted by molar-refractivity contribution is 0.299. The smallest absolute Gasteiger partial charge is 0.00774 e. The highest BCUT2D eigenvalue weighted by Crippen LogP contribution is 2.30. The van der Waals surface area contributed by atoms with Crippen molar-refractivity contribution in [1.29, 1.82) is 0 Å². The van der Waals surface area contributed by atoms with Gasteiger partial charge in [-0.1, -0.05) is 27.7 Å². The summed E-state index contributed by atoms with van der Waals surface area (Å²) in [5.41, 5.74) is 1.92. The summed E-state index contributed by atoms with van der Waals surface area (Å²) in [6.07, 6.45) is 3.78. The monoisotopic (exact) mass is 267 g/mol. The average Bonchev–Trinajstić information content (AvgIpc) is 2.53. The Morgan fingerprint density at radius 2 is 1.89 bits per heavy atom. The van der Waals surface area contributed by atoms with E-state index in [0.29, 0.717) is 11.5 Å². The average molecular weight is 267 g/mol. The predicted octanol–water partition coefficient (Wildman–Crippen LogP) is 4.71. The summed E-state index contributed by atoms with van der Waals surface area (Å²) in [6, 6.07) is 2.91. The zero-order valence-electron chi connectivity index (χ0n) is 12.9. The van der Waals surface area contributed by atoms with Gasteiger partial charge < -0.3 is 5.32 Å². The van der Waals surface area contributed by atoms with E-state index in [1.165, 1.54) is 29.7 Å². The van der Waals surface area contributed by atoms with Gasteiger partial charge in [-0.05, 0) is 56.7 Å². The van der Waals surface area contributed by atoms with Gasteiger partial charge in [0.05, 0.1) is 0 Å². The summed E-state index contributed by atoms with van der Waals surface area (Å²) in [7, 11) is 0. The first-order valence-corrected chi connectivity index (χ1v) is 7.91. The van der Waals surface area contributed by atoms with Gasteiger partial charge in [0.1, 0.15) is 0 Å². The third-order valence-electron chi connectivity index (χ3n) is 3.53. The SMILES string of the molecule is Cc1cc(C)c(CCC(C)(C)CCNC(C)C)s1. The maximum absolute atomic E-state index is 3.52. The molecule has 0 aliphatic rings. The maximum atomic E-state index is 3.52. The van der Waals surface area contributed by atoms with Crippen molar-refractivity contribution in [2.75, 3.05) is 6.54 Å². The summed E-state index contributed by atoms with van der Waals surface area (Å²) >= 11 is 1.97. The van der Waals surface area contributed by atoms with Crippen molar-refractivity contribution < 1.29 is 0 Å². The van der Waals surface area contributed by atoms with Gasteiger partial charge in [-0.2, -0.15) is 0 Å². The van der Waals surface area contributed by atoms with Gasteiger partial charge in [0, 0.05) is 15.8 Å². The van der Waals surface area contributed by atoms with Crippen LogP contribution in [-0.4, -0.2) is 12.6 Å². The van der Waals surface area contributed by atoms with Crippen LogP contribution in [0, 0.1) is 19.3 Å². The Morgan fingerprint density at radius 1 is 1.22 bits per heavy atom. The van der Waals surface area contributed by atoms with Crippen LogP contribution in [0.5, 0.6) is 0 Å². The van der Waals surface area contributed by atoms with Crippen molar-refractivity contribution in [3.8, 4) is 0 Å². The van der Waals surface area contributed by atoms with Gasteiger partial charge in [0.15, 0.2) is 0 Å². The highest BCUT2D eigenvalue weighted by molar-refractivity contribution is 7.12. The van der Waals surface area contributed by atoms with E-state index in [0.717, 1.165) is 6.54 Å². The fraction of sp³-hybridized carbons (Fsp3) is 0.750. The summed E-state index contributed by atoms with van der Waals surface area (Å²) in [5.74, 6) is 0. The first-order chi connectivity index (χ1) is 8.30. The quantitative estimate of drug-likeness (QED) is 0.754. The summed E-state index contributed by atoms with van der Waals surface area (Å²) in [5, 5.41) is 3.52. The molecule has 1 aromatic rings. The van der Waals surface area contributed by atoms with Crippen LogP contribution in [0.4, 0.5) is 0 Å².